The number of sulfonamides is 1. The zero-order valence-electron chi connectivity index (χ0n) is 13.5. The van der Waals surface area contributed by atoms with Crippen molar-refractivity contribution in [3.8, 4) is 0 Å². The number of aryl methyl sites for hydroxylation is 1. The van der Waals surface area contributed by atoms with Crippen molar-refractivity contribution in [1.82, 2.24) is 0 Å². The lowest BCUT2D eigenvalue weighted by molar-refractivity contribution is -0.154. The van der Waals surface area contributed by atoms with E-state index in [2.05, 4.69) is 4.72 Å². The number of carbonyl (C=O) groups excluding carboxylic acids is 1. The molecule has 22 heavy (non-hydrogen) atoms. The monoisotopic (exact) mass is 328 g/mol. The van der Waals surface area contributed by atoms with Crippen LogP contribution in [0.4, 0.5) is 11.4 Å². The van der Waals surface area contributed by atoms with E-state index in [0.717, 1.165) is 5.56 Å². The highest BCUT2D eigenvalue weighted by molar-refractivity contribution is 7.92. The molecule has 1 rings (SSSR count). The molecule has 1 aromatic rings. The summed E-state index contributed by atoms with van der Waals surface area (Å²) >= 11 is 0. The Balaban J connectivity index is 2.76. The fourth-order valence-electron chi connectivity index (χ4n) is 1.73. The molecule has 0 aliphatic heterocycles. The van der Waals surface area contributed by atoms with Gasteiger partial charge in [0.2, 0.25) is 10.0 Å². The minimum atomic E-state index is -3.39. The van der Waals surface area contributed by atoms with Crippen LogP contribution in [0.25, 0.3) is 0 Å². The van der Waals surface area contributed by atoms with Crippen LogP contribution in [0.1, 0.15) is 39.7 Å². The van der Waals surface area contributed by atoms with Gasteiger partial charge in [0, 0.05) is 6.42 Å². The molecule has 0 aliphatic rings. The second-order valence-corrected chi connectivity index (χ2v) is 8.02. The Morgan fingerprint density at radius 1 is 1.32 bits per heavy atom. The van der Waals surface area contributed by atoms with Crippen LogP contribution in [0, 0.1) is 0 Å². The second-order valence-electron chi connectivity index (χ2n) is 6.01. The van der Waals surface area contributed by atoms with Crippen molar-refractivity contribution in [1.29, 1.82) is 0 Å². The molecule has 0 saturated carbocycles. The third kappa shape index (κ3) is 6.34. The number of nitrogens with one attached hydrogen (secondary N) is 1. The van der Waals surface area contributed by atoms with Gasteiger partial charge in [-0.3, -0.25) is 9.52 Å². The standard InChI is InChI=1S/C15H24N2O4S/c1-5-22(19,20)17-13-10-11(6-8-12(13)16)7-9-14(18)21-15(2,3)4/h6,8,10,17H,5,7,9,16H2,1-4H3. The van der Waals surface area contributed by atoms with E-state index in [0.29, 0.717) is 17.8 Å². The van der Waals surface area contributed by atoms with Gasteiger partial charge >= 0.3 is 5.97 Å². The van der Waals surface area contributed by atoms with E-state index in [1.54, 1.807) is 25.1 Å². The largest absolute Gasteiger partial charge is 0.460 e. The molecule has 0 radical (unpaired) electrons. The Hall–Kier alpha value is -1.76. The molecule has 6 nitrogen and oxygen atoms in total. The van der Waals surface area contributed by atoms with Gasteiger partial charge in [-0.15, -0.1) is 0 Å². The van der Waals surface area contributed by atoms with Crippen molar-refractivity contribution >= 4 is 27.4 Å². The van der Waals surface area contributed by atoms with Crippen LogP contribution in [-0.2, 0) is 26.0 Å². The Kier molecular flexibility index (Phi) is 5.82. The molecule has 7 heteroatoms. The van der Waals surface area contributed by atoms with Crippen molar-refractivity contribution in [3.63, 3.8) is 0 Å². The average Bonchev–Trinajstić information content (AvgIpc) is 2.37. The van der Waals surface area contributed by atoms with E-state index in [-0.39, 0.29) is 18.1 Å². The number of rotatable bonds is 6. The third-order valence-corrected chi connectivity index (χ3v) is 4.09. The summed E-state index contributed by atoms with van der Waals surface area (Å²) < 4.78 is 30.9. The normalized spacial score (nSPS) is 12.0. The Morgan fingerprint density at radius 2 is 1.95 bits per heavy atom. The molecule has 0 spiro atoms. The molecule has 0 atom stereocenters. The number of ether oxygens (including phenoxy) is 1. The summed E-state index contributed by atoms with van der Waals surface area (Å²) in [4.78, 5) is 11.7. The summed E-state index contributed by atoms with van der Waals surface area (Å²) in [5.74, 6) is -0.325. The lowest BCUT2D eigenvalue weighted by atomic mass is 10.1. The quantitative estimate of drug-likeness (QED) is 0.617. The van der Waals surface area contributed by atoms with Gasteiger partial charge in [-0.25, -0.2) is 8.42 Å². The molecule has 0 aromatic heterocycles. The molecule has 124 valence electrons. The minimum Gasteiger partial charge on any atom is -0.460 e. The summed E-state index contributed by atoms with van der Waals surface area (Å²) in [7, 11) is -3.39. The third-order valence-electron chi connectivity index (χ3n) is 2.80. The lowest BCUT2D eigenvalue weighted by Crippen LogP contribution is -2.24. The van der Waals surface area contributed by atoms with Gasteiger partial charge in [0.15, 0.2) is 0 Å². The lowest BCUT2D eigenvalue weighted by Gasteiger charge is -2.19. The van der Waals surface area contributed by atoms with Crippen LogP contribution >= 0.6 is 0 Å². The Morgan fingerprint density at radius 3 is 2.50 bits per heavy atom. The summed E-state index contributed by atoms with van der Waals surface area (Å²) in [5, 5.41) is 0. The van der Waals surface area contributed by atoms with E-state index in [9.17, 15) is 13.2 Å². The SMILES string of the molecule is CCS(=O)(=O)Nc1cc(CCC(=O)OC(C)(C)C)ccc1N. The molecule has 3 N–H and O–H groups in total. The van der Waals surface area contributed by atoms with Gasteiger partial charge in [-0.05, 0) is 51.8 Å². The molecular formula is C15H24N2O4S. The van der Waals surface area contributed by atoms with Gasteiger partial charge in [0.25, 0.3) is 0 Å². The molecule has 0 heterocycles. The van der Waals surface area contributed by atoms with Crippen LogP contribution < -0.4 is 10.5 Å². The average molecular weight is 328 g/mol. The summed E-state index contributed by atoms with van der Waals surface area (Å²) in [6.07, 6.45) is 0.678. The minimum absolute atomic E-state index is 0.0332. The maximum atomic E-state index is 11.7. The molecule has 0 fully saturated rings. The van der Waals surface area contributed by atoms with Gasteiger partial charge in [0.05, 0.1) is 17.1 Å². The topological polar surface area (TPSA) is 98.5 Å². The van der Waals surface area contributed by atoms with Crippen molar-refractivity contribution in [3.05, 3.63) is 23.8 Å². The van der Waals surface area contributed by atoms with Crippen LogP contribution in [0.2, 0.25) is 0 Å². The van der Waals surface area contributed by atoms with Crippen LogP contribution in [-0.4, -0.2) is 25.7 Å². The Bertz CT molecular complexity index is 633. The molecule has 1 aromatic carbocycles. The first-order chi connectivity index (χ1) is 10.0. The number of anilines is 2. The summed E-state index contributed by atoms with van der Waals surface area (Å²) in [6.45, 7) is 6.98. The van der Waals surface area contributed by atoms with Crippen molar-refractivity contribution in [2.45, 2.75) is 46.1 Å². The van der Waals surface area contributed by atoms with Crippen LogP contribution in [0.5, 0.6) is 0 Å². The van der Waals surface area contributed by atoms with Gasteiger partial charge in [0.1, 0.15) is 5.60 Å². The molecule has 0 bridgehead atoms. The molecule has 0 saturated heterocycles. The van der Waals surface area contributed by atoms with E-state index < -0.39 is 15.6 Å². The zero-order chi connectivity index (χ0) is 17.0. The molecular weight excluding hydrogens is 304 g/mol. The van der Waals surface area contributed by atoms with E-state index in [4.69, 9.17) is 10.5 Å². The van der Waals surface area contributed by atoms with Gasteiger partial charge in [-0.1, -0.05) is 6.07 Å². The number of benzene rings is 1. The highest BCUT2D eigenvalue weighted by Crippen LogP contribution is 2.22. The number of carbonyl (C=O) groups is 1. The van der Waals surface area contributed by atoms with Crippen LogP contribution in [0.3, 0.4) is 0 Å². The first kappa shape index (κ1) is 18.3. The highest BCUT2D eigenvalue weighted by atomic mass is 32.2. The van der Waals surface area contributed by atoms with Crippen LogP contribution in [0.15, 0.2) is 18.2 Å². The van der Waals surface area contributed by atoms with E-state index in [1.807, 2.05) is 20.8 Å². The maximum absolute atomic E-state index is 11.7. The number of nitrogen functional groups attached to an aromatic ring is 1. The van der Waals surface area contributed by atoms with E-state index in [1.165, 1.54) is 0 Å². The molecule has 0 amide bonds. The Labute approximate surface area is 132 Å². The van der Waals surface area contributed by atoms with Crippen molar-refractivity contribution in [2.24, 2.45) is 0 Å². The zero-order valence-corrected chi connectivity index (χ0v) is 14.3. The fraction of sp³-hybridized carbons (Fsp3) is 0.533. The smallest absolute Gasteiger partial charge is 0.306 e. The highest BCUT2D eigenvalue weighted by Gasteiger charge is 2.16. The number of hydrogen-bond donors (Lipinski definition) is 2. The van der Waals surface area contributed by atoms with Crippen molar-refractivity contribution < 1.29 is 17.9 Å². The van der Waals surface area contributed by atoms with Gasteiger partial charge < -0.3 is 10.5 Å². The molecule has 0 aliphatic carbocycles. The summed E-state index contributed by atoms with van der Waals surface area (Å²) in [6, 6.07) is 5.04. The summed E-state index contributed by atoms with van der Waals surface area (Å²) in [5.41, 5.74) is 6.75. The molecule has 0 unspecified atom stereocenters. The fourth-order valence-corrected chi connectivity index (χ4v) is 2.38. The van der Waals surface area contributed by atoms with Crippen molar-refractivity contribution in [2.75, 3.05) is 16.2 Å². The number of esters is 1. The second kappa shape index (κ2) is 7.00. The maximum Gasteiger partial charge on any atom is 0.306 e. The number of nitrogens with two attached hydrogens (primary N) is 1. The number of hydrogen-bond acceptors (Lipinski definition) is 5. The van der Waals surface area contributed by atoms with E-state index >= 15 is 0 Å². The predicted molar refractivity (Wildman–Crippen MR) is 88.1 cm³/mol. The van der Waals surface area contributed by atoms with Gasteiger partial charge in [-0.2, -0.15) is 0 Å². The first-order valence-electron chi connectivity index (χ1n) is 7.13. The first-order valence-corrected chi connectivity index (χ1v) is 8.78. The predicted octanol–water partition coefficient (Wildman–Crippen LogP) is 2.30.